The van der Waals surface area contributed by atoms with Crippen molar-refractivity contribution < 1.29 is 9.59 Å². The first kappa shape index (κ1) is 15.9. The van der Waals surface area contributed by atoms with E-state index in [1.807, 2.05) is 35.7 Å². The van der Waals surface area contributed by atoms with Crippen LogP contribution in [0.5, 0.6) is 0 Å². The summed E-state index contributed by atoms with van der Waals surface area (Å²) < 4.78 is 2.02. The summed E-state index contributed by atoms with van der Waals surface area (Å²) in [5.74, 6) is -0.0492. The zero-order chi connectivity index (χ0) is 17.1. The third-order valence-corrected chi connectivity index (χ3v) is 3.99. The molecule has 3 rings (SSSR count). The lowest BCUT2D eigenvalue weighted by Gasteiger charge is -2.06. The van der Waals surface area contributed by atoms with E-state index in [4.69, 9.17) is 0 Å². The van der Waals surface area contributed by atoms with E-state index in [2.05, 4.69) is 10.3 Å². The van der Waals surface area contributed by atoms with Crippen LogP contribution < -0.4 is 5.32 Å². The zero-order valence-corrected chi connectivity index (χ0v) is 13.7. The van der Waals surface area contributed by atoms with Crippen molar-refractivity contribution in [1.82, 2.24) is 9.38 Å². The van der Waals surface area contributed by atoms with Gasteiger partial charge in [-0.25, -0.2) is 4.98 Å². The van der Waals surface area contributed by atoms with Crippen LogP contribution in [0.15, 0.2) is 48.7 Å². The van der Waals surface area contributed by atoms with Gasteiger partial charge in [-0.15, -0.1) is 0 Å². The third kappa shape index (κ3) is 3.35. The lowest BCUT2D eigenvalue weighted by molar-refractivity contribution is -0.116. The predicted molar refractivity (Wildman–Crippen MR) is 93.3 cm³/mol. The normalized spacial score (nSPS) is 10.8. The van der Waals surface area contributed by atoms with Gasteiger partial charge >= 0.3 is 0 Å². The smallest absolute Gasteiger partial charge is 0.224 e. The molecule has 0 aliphatic rings. The molecule has 2 aromatic heterocycles. The highest BCUT2D eigenvalue weighted by Gasteiger charge is 2.10. The number of imidazole rings is 1. The van der Waals surface area contributed by atoms with Crippen LogP contribution in [0.4, 0.5) is 5.69 Å². The second-order valence-corrected chi connectivity index (χ2v) is 5.75. The number of rotatable bonds is 5. The quantitative estimate of drug-likeness (QED) is 0.732. The Bertz CT molecular complexity index is 895. The number of carbonyl (C=O) groups excluding carboxylic acids is 2. The Balaban J connectivity index is 1.64. The summed E-state index contributed by atoms with van der Waals surface area (Å²) >= 11 is 0. The summed E-state index contributed by atoms with van der Waals surface area (Å²) in [5, 5.41) is 2.86. The van der Waals surface area contributed by atoms with Gasteiger partial charge in [-0.05, 0) is 56.7 Å². The van der Waals surface area contributed by atoms with Gasteiger partial charge in [0.2, 0.25) is 5.91 Å². The summed E-state index contributed by atoms with van der Waals surface area (Å²) in [6.45, 7) is 3.48. The van der Waals surface area contributed by atoms with Crippen LogP contribution in [0.2, 0.25) is 0 Å². The zero-order valence-electron chi connectivity index (χ0n) is 13.7. The minimum absolute atomic E-state index is 0.0102. The fraction of sp³-hybridized carbons (Fsp3) is 0.211. The number of aryl methyl sites for hydroxylation is 2. The predicted octanol–water partition coefficient (Wildman–Crippen LogP) is 3.42. The SMILES string of the molecule is CC(=O)c1ccc(NC(=O)CCc2c(C)nc3ccccn23)cc1. The Hall–Kier alpha value is -2.95. The largest absolute Gasteiger partial charge is 0.326 e. The van der Waals surface area contributed by atoms with Gasteiger partial charge in [0.25, 0.3) is 0 Å². The number of Topliss-reactive ketones (excluding diaryl/α,β-unsaturated/α-hetero) is 1. The van der Waals surface area contributed by atoms with Crippen LogP contribution in [-0.2, 0) is 11.2 Å². The standard InChI is InChI=1S/C19H19N3O2/c1-13-17(22-12-4-3-5-18(22)20-13)10-11-19(24)21-16-8-6-15(7-9-16)14(2)23/h3-9,12H,10-11H2,1-2H3,(H,21,24). The van der Waals surface area contributed by atoms with Crippen LogP contribution in [0.3, 0.4) is 0 Å². The molecule has 0 spiro atoms. The molecule has 0 aliphatic heterocycles. The molecular formula is C19H19N3O2. The van der Waals surface area contributed by atoms with Gasteiger partial charge in [-0.3, -0.25) is 9.59 Å². The Kier molecular flexibility index (Phi) is 4.42. The number of fused-ring (bicyclic) bond motifs is 1. The van der Waals surface area contributed by atoms with Crippen molar-refractivity contribution in [3.63, 3.8) is 0 Å². The van der Waals surface area contributed by atoms with Crippen LogP contribution in [-0.4, -0.2) is 21.1 Å². The Labute approximate surface area is 140 Å². The number of aromatic nitrogens is 2. The summed E-state index contributed by atoms with van der Waals surface area (Å²) in [6, 6.07) is 12.8. The maximum absolute atomic E-state index is 12.2. The summed E-state index contributed by atoms with van der Waals surface area (Å²) in [7, 11) is 0. The summed E-state index contributed by atoms with van der Waals surface area (Å²) in [5.41, 5.74) is 4.21. The van der Waals surface area contributed by atoms with E-state index in [1.165, 1.54) is 6.92 Å². The van der Waals surface area contributed by atoms with E-state index >= 15 is 0 Å². The summed E-state index contributed by atoms with van der Waals surface area (Å²) in [4.78, 5) is 27.9. The minimum Gasteiger partial charge on any atom is -0.326 e. The second kappa shape index (κ2) is 6.66. The topological polar surface area (TPSA) is 63.5 Å². The Morgan fingerprint density at radius 3 is 2.58 bits per heavy atom. The molecule has 0 atom stereocenters. The summed E-state index contributed by atoms with van der Waals surface area (Å²) in [6.07, 6.45) is 2.95. The van der Waals surface area contributed by atoms with Crippen molar-refractivity contribution in [3.8, 4) is 0 Å². The van der Waals surface area contributed by atoms with Crippen molar-refractivity contribution in [2.45, 2.75) is 26.7 Å². The maximum Gasteiger partial charge on any atom is 0.224 e. The first-order valence-corrected chi connectivity index (χ1v) is 7.88. The van der Waals surface area contributed by atoms with Crippen molar-refractivity contribution in [2.75, 3.05) is 5.32 Å². The first-order chi connectivity index (χ1) is 11.5. The maximum atomic E-state index is 12.2. The molecule has 5 nitrogen and oxygen atoms in total. The van der Waals surface area contributed by atoms with Gasteiger partial charge in [0.1, 0.15) is 5.65 Å². The number of pyridine rings is 1. The molecule has 0 saturated heterocycles. The van der Waals surface area contributed by atoms with Crippen molar-refractivity contribution in [2.24, 2.45) is 0 Å². The molecule has 122 valence electrons. The highest BCUT2D eigenvalue weighted by atomic mass is 16.1. The highest BCUT2D eigenvalue weighted by Crippen LogP contribution is 2.15. The van der Waals surface area contributed by atoms with Gasteiger partial charge in [-0.1, -0.05) is 6.07 Å². The second-order valence-electron chi connectivity index (χ2n) is 5.75. The van der Waals surface area contributed by atoms with Crippen LogP contribution in [0.25, 0.3) is 5.65 Å². The van der Waals surface area contributed by atoms with E-state index in [1.54, 1.807) is 24.3 Å². The number of carbonyl (C=O) groups is 2. The highest BCUT2D eigenvalue weighted by molar-refractivity contribution is 5.95. The van der Waals surface area contributed by atoms with Crippen molar-refractivity contribution in [1.29, 1.82) is 0 Å². The molecule has 1 amide bonds. The van der Waals surface area contributed by atoms with E-state index in [9.17, 15) is 9.59 Å². The Morgan fingerprint density at radius 1 is 1.12 bits per heavy atom. The molecule has 1 N–H and O–H groups in total. The Morgan fingerprint density at radius 2 is 1.88 bits per heavy atom. The lowest BCUT2D eigenvalue weighted by atomic mass is 10.1. The lowest BCUT2D eigenvalue weighted by Crippen LogP contribution is -2.13. The average molecular weight is 321 g/mol. The fourth-order valence-corrected chi connectivity index (χ4v) is 2.71. The van der Waals surface area contributed by atoms with E-state index in [-0.39, 0.29) is 11.7 Å². The van der Waals surface area contributed by atoms with E-state index in [0.29, 0.717) is 24.1 Å². The number of ketones is 1. The molecule has 0 saturated carbocycles. The molecule has 0 aliphatic carbocycles. The van der Waals surface area contributed by atoms with Crippen LogP contribution in [0, 0.1) is 6.92 Å². The molecule has 24 heavy (non-hydrogen) atoms. The fourth-order valence-electron chi connectivity index (χ4n) is 2.71. The molecule has 0 bridgehead atoms. The molecular weight excluding hydrogens is 302 g/mol. The number of nitrogens with one attached hydrogen (secondary N) is 1. The number of hydrogen-bond donors (Lipinski definition) is 1. The van der Waals surface area contributed by atoms with Crippen LogP contribution >= 0.6 is 0 Å². The number of amides is 1. The number of anilines is 1. The molecule has 3 aromatic rings. The van der Waals surface area contributed by atoms with Crippen molar-refractivity contribution in [3.05, 3.63) is 65.6 Å². The van der Waals surface area contributed by atoms with Gasteiger partial charge in [-0.2, -0.15) is 0 Å². The van der Waals surface area contributed by atoms with Crippen LogP contribution in [0.1, 0.15) is 35.1 Å². The van der Waals surface area contributed by atoms with Gasteiger partial charge in [0, 0.05) is 29.6 Å². The first-order valence-electron chi connectivity index (χ1n) is 7.88. The number of benzene rings is 1. The molecule has 0 fully saturated rings. The molecule has 1 aromatic carbocycles. The third-order valence-electron chi connectivity index (χ3n) is 3.99. The van der Waals surface area contributed by atoms with Crippen molar-refractivity contribution >= 4 is 23.0 Å². The molecule has 0 unspecified atom stereocenters. The van der Waals surface area contributed by atoms with E-state index in [0.717, 1.165) is 17.0 Å². The number of hydrogen-bond acceptors (Lipinski definition) is 3. The van der Waals surface area contributed by atoms with Gasteiger partial charge in [0.15, 0.2) is 5.78 Å². The minimum atomic E-state index is -0.0594. The molecule has 5 heteroatoms. The van der Waals surface area contributed by atoms with Gasteiger partial charge < -0.3 is 9.72 Å². The molecule has 2 heterocycles. The number of nitrogens with zero attached hydrogens (tertiary/aromatic N) is 2. The molecule has 0 radical (unpaired) electrons. The monoisotopic (exact) mass is 321 g/mol. The van der Waals surface area contributed by atoms with Gasteiger partial charge in [0.05, 0.1) is 5.69 Å². The van der Waals surface area contributed by atoms with E-state index < -0.39 is 0 Å². The average Bonchev–Trinajstić information content (AvgIpc) is 2.88.